The Morgan fingerprint density at radius 3 is 1.03 bits per heavy atom. The van der Waals surface area contributed by atoms with Gasteiger partial charge >= 0.3 is 5.97 Å². The summed E-state index contributed by atoms with van der Waals surface area (Å²) in [4.78, 5) is 10.2. The van der Waals surface area contributed by atoms with E-state index in [0.29, 0.717) is 11.5 Å². The minimum absolute atomic E-state index is 0.225. The minimum Gasteiger partial charge on any atom is -0.460 e. The molecule has 0 amide bonds. The molecule has 0 fully saturated rings. The number of hydrogen-bond acceptors (Lipinski definition) is 5. The zero-order chi connectivity index (χ0) is 28.3. The summed E-state index contributed by atoms with van der Waals surface area (Å²) in [7, 11) is 1.07. The van der Waals surface area contributed by atoms with Crippen LogP contribution in [-0.4, -0.2) is 59.3 Å². The number of esters is 1. The molecular weight excluding hydrogens is 432 g/mol. The Hall–Kier alpha value is -0.433. The minimum atomic E-state index is -0.611. The first-order valence-corrected chi connectivity index (χ1v) is 16.4. The quantitative estimate of drug-likeness (QED) is 0.281. The first kappa shape index (κ1) is 46.0. The number of rotatable bonds is 5. The van der Waals surface area contributed by atoms with Crippen molar-refractivity contribution in [2.75, 3.05) is 33.5 Å². The van der Waals surface area contributed by atoms with E-state index in [9.17, 15) is 4.79 Å². The van der Waals surface area contributed by atoms with Crippen LogP contribution < -0.4 is 0 Å². The highest BCUT2D eigenvalue weighted by molar-refractivity contribution is 6.74. The van der Waals surface area contributed by atoms with Crippen molar-refractivity contribution in [2.24, 2.45) is 5.41 Å². The molecule has 6 heteroatoms. The lowest BCUT2D eigenvalue weighted by Gasteiger charge is -2.17. The molecule has 0 saturated carbocycles. The first-order valence-electron chi connectivity index (χ1n) is 12.4. The summed E-state index contributed by atoms with van der Waals surface area (Å²) in [5.41, 5.74) is 0.172. The average Bonchev–Trinajstić information content (AvgIpc) is 2.51. The lowest BCUT2D eigenvalue weighted by Crippen LogP contribution is -2.21. The fourth-order valence-corrected chi connectivity index (χ4v) is 0.969. The number of methoxy groups -OCH3 is 1. The van der Waals surface area contributed by atoms with E-state index in [-0.39, 0.29) is 11.6 Å². The van der Waals surface area contributed by atoms with E-state index in [1.54, 1.807) is 7.11 Å². The third kappa shape index (κ3) is 247. The predicted molar refractivity (Wildman–Crippen MR) is 152 cm³/mol. The van der Waals surface area contributed by atoms with Crippen LogP contribution in [0.1, 0.15) is 96.9 Å². The lowest BCUT2D eigenvalue weighted by atomic mass is 10.0. The molecule has 0 heterocycles. The second-order valence-corrected chi connectivity index (χ2v) is 17.6. The Labute approximate surface area is 211 Å². The van der Waals surface area contributed by atoms with Crippen LogP contribution >= 0.6 is 0 Å². The first-order chi connectivity index (χ1) is 14.5. The Morgan fingerprint density at radius 1 is 0.758 bits per heavy atom. The lowest BCUT2D eigenvalue weighted by molar-refractivity contribution is -0.151. The van der Waals surface area contributed by atoms with Gasteiger partial charge in [-0.15, -0.1) is 0 Å². The molecular formula is C27H66O5Si. The highest BCUT2D eigenvalue weighted by Crippen LogP contribution is 2.08. The Kier molecular flexibility index (Phi) is 41.2. The molecule has 0 N–H and O–H groups in total. The monoisotopic (exact) mass is 498 g/mol. The molecule has 0 aliphatic rings. The molecule has 0 unspecified atom stereocenters. The Morgan fingerprint density at radius 2 is 1.03 bits per heavy atom. The van der Waals surface area contributed by atoms with E-state index in [1.165, 1.54) is 6.92 Å². The van der Waals surface area contributed by atoms with Crippen molar-refractivity contribution in [1.29, 1.82) is 0 Å². The summed E-state index contributed by atoms with van der Waals surface area (Å²) in [6.45, 7) is 40.3. The third-order valence-electron chi connectivity index (χ3n) is 1.65. The summed E-state index contributed by atoms with van der Waals surface area (Å²) in [5.74, 6) is -0.225. The number of hydrogen-bond donors (Lipinski definition) is 0. The van der Waals surface area contributed by atoms with Gasteiger partial charge in [0.15, 0.2) is 0 Å². The summed E-state index contributed by atoms with van der Waals surface area (Å²) in [6.07, 6.45) is 0.398. The second kappa shape index (κ2) is 29.6. The molecule has 0 rings (SSSR count). The van der Waals surface area contributed by atoms with Crippen molar-refractivity contribution in [3.05, 3.63) is 0 Å². The smallest absolute Gasteiger partial charge is 0.303 e. The number of ether oxygens (including phenoxy) is 4. The second-order valence-electron chi connectivity index (χ2n) is 11.6. The number of carbonyl (C=O) groups is 1. The van der Waals surface area contributed by atoms with Crippen molar-refractivity contribution in [2.45, 2.75) is 135 Å². The van der Waals surface area contributed by atoms with Gasteiger partial charge in [0, 0.05) is 48.5 Å². The normalized spacial score (nSPS) is 10.3. The van der Waals surface area contributed by atoms with Crippen LogP contribution in [0.5, 0.6) is 0 Å². The van der Waals surface area contributed by atoms with Gasteiger partial charge in [-0.25, -0.2) is 0 Å². The maximum absolute atomic E-state index is 10.2. The third-order valence-corrected chi connectivity index (χ3v) is 1.65. The van der Waals surface area contributed by atoms with Crippen LogP contribution in [0.15, 0.2) is 0 Å². The molecule has 0 aromatic heterocycles. The summed E-state index contributed by atoms with van der Waals surface area (Å²) in [5, 5.41) is 0. The van der Waals surface area contributed by atoms with E-state index in [1.807, 2.05) is 62.3 Å². The van der Waals surface area contributed by atoms with Gasteiger partial charge in [0.1, 0.15) is 5.60 Å². The van der Waals surface area contributed by atoms with E-state index < -0.39 is 8.07 Å². The van der Waals surface area contributed by atoms with Crippen LogP contribution in [-0.2, 0) is 23.7 Å². The molecule has 33 heavy (non-hydrogen) atoms. The van der Waals surface area contributed by atoms with Crippen molar-refractivity contribution in [3.63, 3.8) is 0 Å². The highest BCUT2D eigenvalue weighted by Gasteiger charge is 2.11. The van der Waals surface area contributed by atoms with Gasteiger partial charge < -0.3 is 18.9 Å². The van der Waals surface area contributed by atoms with Crippen molar-refractivity contribution in [3.8, 4) is 0 Å². The number of carbonyl (C=O) groups excluding carboxylic acids is 1. The van der Waals surface area contributed by atoms with Gasteiger partial charge in [-0.3, -0.25) is 4.79 Å². The van der Waals surface area contributed by atoms with E-state index >= 15 is 0 Å². The predicted octanol–water partition coefficient (Wildman–Crippen LogP) is 8.48. The van der Waals surface area contributed by atoms with Crippen LogP contribution in [0.2, 0.25) is 26.2 Å². The highest BCUT2D eigenvalue weighted by atomic mass is 28.3. The molecule has 5 nitrogen and oxygen atoms in total. The van der Waals surface area contributed by atoms with Crippen molar-refractivity contribution < 1.29 is 23.7 Å². The maximum Gasteiger partial charge on any atom is 0.303 e. The fourth-order valence-electron chi connectivity index (χ4n) is 0.969. The molecule has 0 saturated heterocycles. The van der Waals surface area contributed by atoms with Crippen LogP contribution in [0.3, 0.4) is 0 Å². The molecule has 208 valence electrons. The Balaban J connectivity index is -0.0000000673. The molecule has 0 aromatic rings. The molecule has 0 aromatic carbocycles. The van der Waals surface area contributed by atoms with Crippen LogP contribution in [0, 0.1) is 5.41 Å². The molecule has 0 aliphatic carbocycles. The van der Waals surface area contributed by atoms with Gasteiger partial charge in [-0.2, -0.15) is 0 Å². The van der Waals surface area contributed by atoms with E-state index in [2.05, 4.69) is 58.6 Å². The summed E-state index contributed by atoms with van der Waals surface area (Å²) in [6, 6.07) is 0. The Bertz CT molecular complexity index is 323. The molecule has 0 radical (unpaired) electrons. The van der Waals surface area contributed by atoms with Crippen molar-refractivity contribution in [1.82, 2.24) is 0 Å². The molecule has 0 bridgehead atoms. The maximum atomic E-state index is 10.2. The van der Waals surface area contributed by atoms with Crippen LogP contribution in [0.4, 0.5) is 0 Å². The van der Waals surface area contributed by atoms with Gasteiger partial charge in [-0.05, 0) is 67.7 Å². The zero-order valence-corrected chi connectivity index (χ0v) is 27.4. The van der Waals surface area contributed by atoms with Crippen molar-refractivity contribution >= 4 is 14.0 Å². The molecule has 0 aliphatic heterocycles. The van der Waals surface area contributed by atoms with Crippen LogP contribution in [0.25, 0.3) is 0 Å². The summed E-state index contributed by atoms with van der Waals surface area (Å²) < 4.78 is 19.2. The molecule has 0 atom stereocenters. The standard InChI is InChI=1S/C6H12O2.C5H12O.C5H12.C4H10O.C4H12Si.C3H8O/c1-5(7)8-6(2,3)4;1-4-6-5(2)3;1-5(2,3)4;1-3-5-4-2;1-5(2,3)4;1-3-4-2/h1-4H3;5H,4H2,1-3H3;1-4H3;3-4H2,1-2H3;1-4H3;3H2,1-2H3. The zero-order valence-electron chi connectivity index (χ0n) is 26.4. The van der Waals surface area contributed by atoms with Gasteiger partial charge in [-0.1, -0.05) is 53.9 Å². The van der Waals surface area contributed by atoms with E-state index in [0.717, 1.165) is 26.4 Å². The van der Waals surface area contributed by atoms with E-state index in [4.69, 9.17) is 14.2 Å². The van der Waals surface area contributed by atoms with Gasteiger partial charge in [0.05, 0.1) is 6.10 Å². The van der Waals surface area contributed by atoms with Gasteiger partial charge in [0.25, 0.3) is 0 Å². The molecule has 0 spiro atoms. The van der Waals surface area contributed by atoms with Gasteiger partial charge in [0.2, 0.25) is 0 Å². The SMILES string of the molecule is CC(=O)OC(C)(C)C.CC(C)(C)C.CCOC.CCOC(C)C.CCOCC.C[Si](C)(C)C. The average molecular weight is 499 g/mol. The topological polar surface area (TPSA) is 54.0 Å². The summed E-state index contributed by atoms with van der Waals surface area (Å²) >= 11 is 0. The fraction of sp³-hybridized carbons (Fsp3) is 0.963. The largest absolute Gasteiger partial charge is 0.460 e.